The lowest BCUT2D eigenvalue weighted by Gasteiger charge is -2.10. The number of nitrogens with two attached hydrogens (primary N) is 1. The third kappa shape index (κ3) is 1.97. The van der Waals surface area contributed by atoms with E-state index in [9.17, 15) is 0 Å². The van der Waals surface area contributed by atoms with Gasteiger partial charge < -0.3 is 10.5 Å². The zero-order valence-corrected chi connectivity index (χ0v) is 10.3. The number of ether oxygens (including phenoxy) is 1. The molecule has 2 N–H and O–H groups in total. The van der Waals surface area contributed by atoms with Crippen molar-refractivity contribution in [3.63, 3.8) is 0 Å². The Balaban J connectivity index is 1.78. The van der Waals surface area contributed by atoms with Gasteiger partial charge in [0.15, 0.2) is 0 Å². The molecule has 3 rings (SSSR count). The van der Waals surface area contributed by atoms with E-state index >= 15 is 0 Å². The summed E-state index contributed by atoms with van der Waals surface area (Å²) in [6.07, 6.45) is 3.85. The molecule has 1 aliphatic rings. The molecule has 5 heteroatoms. The van der Waals surface area contributed by atoms with Gasteiger partial charge in [0.1, 0.15) is 18.1 Å². The van der Waals surface area contributed by atoms with Gasteiger partial charge in [0, 0.05) is 13.1 Å². The van der Waals surface area contributed by atoms with Crippen LogP contribution in [0.2, 0.25) is 0 Å². The molecular formula is C13H16N4O. The number of hydrogen-bond acceptors (Lipinski definition) is 4. The van der Waals surface area contributed by atoms with Crippen molar-refractivity contribution in [1.82, 2.24) is 15.0 Å². The molecule has 1 aliphatic carbocycles. The summed E-state index contributed by atoms with van der Waals surface area (Å²) in [5.74, 6) is 0.922. The molecule has 0 radical (unpaired) electrons. The molecule has 1 aromatic carbocycles. The normalized spacial score (nSPS) is 17.8. The van der Waals surface area contributed by atoms with Gasteiger partial charge in [-0.3, -0.25) is 4.68 Å². The SMILES string of the molecule is Cn1cc(COc2cccc3c2CCC3N)nn1. The fourth-order valence-electron chi connectivity index (χ4n) is 2.40. The first-order valence-electron chi connectivity index (χ1n) is 6.09. The molecule has 94 valence electrons. The van der Waals surface area contributed by atoms with Crippen molar-refractivity contribution in [2.24, 2.45) is 12.8 Å². The lowest BCUT2D eigenvalue weighted by molar-refractivity contribution is 0.298. The van der Waals surface area contributed by atoms with Crippen LogP contribution in [0, 0.1) is 0 Å². The predicted molar refractivity (Wildman–Crippen MR) is 67.0 cm³/mol. The van der Waals surface area contributed by atoms with E-state index in [0.717, 1.165) is 24.3 Å². The van der Waals surface area contributed by atoms with Gasteiger partial charge in [-0.15, -0.1) is 5.10 Å². The standard InChI is InChI=1S/C13H16N4O/c1-17-7-9(15-16-17)8-18-13-4-2-3-10-11(13)5-6-12(10)14/h2-4,7,12H,5-6,8,14H2,1H3. The van der Waals surface area contributed by atoms with Crippen LogP contribution < -0.4 is 10.5 Å². The van der Waals surface area contributed by atoms with Crippen molar-refractivity contribution in [2.75, 3.05) is 0 Å². The summed E-state index contributed by atoms with van der Waals surface area (Å²) in [4.78, 5) is 0. The predicted octanol–water partition coefficient (Wildman–Crippen LogP) is 1.34. The van der Waals surface area contributed by atoms with Crippen molar-refractivity contribution < 1.29 is 4.74 Å². The monoisotopic (exact) mass is 244 g/mol. The van der Waals surface area contributed by atoms with E-state index in [1.807, 2.05) is 25.4 Å². The van der Waals surface area contributed by atoms with Crippen LogP contribution >= 0.6 is 0 Å². The number of fused-ring (bicyclic) bond motifs is 1. The van der Waals surface area contributed by atoms with E-state index in [2.05, 4.69) is 16.4 Å². The van der Waals surface area contributed by atoms with Crippen LogP contribution in [0.25, 0.3) is 0 Å². The largest absolute Gasteiger partial charge is 0.487 e. The lowest BCUT2D eigenvalue weighted by atomic mass is 10.1. The van der Waals surface area contributed by atoms with Gasteiger partial charge in [-0.2, -0.15) is 0 Å². The van der Waals surface area contributed by atoms with Crippen LogP contribution in [0.1, 0.15) is 29.3 Å². The molecular weight excluding hydrogens is 228 g/mol. The molecule has 0 spiro atoms. The maximum absolute atomic E-state index is 6.04. The van der Waals surface area contributed by atoms with Gasteiger partial charge in [0.05, 0.1) is 6.20 Å². The van der Waals surface area contributed by atoms with E-state index in [4.69, 9.17) is 10.5 Å². The first-order chi connectivity index (χ1) is 8.74. The summed E-state index contributed by atoms with van der Waals surface area (Å²) in [5, 5.41) is 7.88. The highest BCUT2D eigenvalue weighted by Gasteiger charge is 2.22. The fraction of sp³-hybridized carbons (Fsp3) is 0.385. The van der Waals surface area contributed by atoms with Gasteiger partial charge in [-0.05, 0) is 30.0 Å². The average molecular weight is 244 g/mol. The first kappa shape index (κ1) is 11.2. The Morgan fingerprint density at radius 2 is 2.39 bits per heavy atom. The van der Waals surface area contributed by atoms with Crippen LogP contribution in [-0.4, -0.2) is 15.0 Å². The van der Waals surface area contributed by atoms with Crippen molar-refractivity contribution in [2.45, 2.75) is 25.5 Å². The minimum atomic E-state index is 0.153. The highest BCUT2D eigenvalue weighted by atomic mass is 16.5. The van der Waals surface area contributed by atoms with Gasteiger partial charge in [0.2, 0.25) is 0 Å². The topological polar surface area (TPSA) is 66.0 Å². The molecule has 18 heavy (non-hydrogen) atoms. The smallest absolute Gasteiger partial charge is 0.134 e. The molecule has 2 aromatic rings. The zero-order valence-electron chi connectivity index (χ0n) is 10.3. The van der Waals surface area contributed by atoms with Crippen LogP contribution in [0.5, 0.6) is 5.75 Å². The molecule has 1 aromatic heterocycles. The van der Waals surface area contributed by atoms with E-state index in [1.54, 1.807) is 4.68 Å². The minimum absolute atomic E-state index is 0.153. The van der Waals surface area contributed by atoms with Crippen molar-refractivity contribution in [3.8, 4) is 5.75 Å². The summed E-state index contributed by atoms with van der Waals surface area (Å²) in [6, 6.07) is 6.23. The second kappa shape index (κ2) is 4.42. The number of rotatable bonds is 3. The molecule has 0 bridgehead atoms. The summed E-state index contributed by atoms with van der Waals surface area (Å²) >= 11 is 0. The minimum Gasteiger partial charge on any atom is -0.487 e. The molecule has 0 amide bonds. The zero-order chi connectivity index (χ0) is 12.5. The van der Waals surface area contributed by atoms with E-state index in [0.29, 0.717) is 6.61 Å². The molecule has 0 saturated carbocycles. The van der Waals surface area contributed by atoms with E-state index in [-0.39, 0.29) is 6.04 Å². The molecule has 0 aliphatic heterocycles. The highest BCUT2D eigenvalue weighted by molar-refractivity contribution is 5.44. The highest BCUT2D eigenvalue weighted by Crippen LogP contribution is 2.35. The Labute approximate surface area is 106 Å². The van der Waals surface area contributed by atoms with E-state index < -0.39 is 0 Å². The second-order valence-electron chi connectivity index (χ2n) is 4.64. The third-order valence-corrected chi connectivity index (χ3v) is 3.30. The summed E-state index contributed by atoms with van der Waals surface area (Å²) < 4.78 is 7.50. The Morgan fingerprint density at radius 3 is 3.17 bits per heavy atom. The van der Waals surface area contributed by atoms with Gasteiger partial charge >= 0.3 is 0 Å². The van der Waals surface area contributed by atoms with Gasteiger partial charge in [0.25, 0.3) is 0 Å². The average Bonchev–Trinajstić information content (AvgIpc) is 2.94. The van der Waals surface area contributed by atoms with Crippen LogP contribution in [0.4, 0.5) is 0 Å². The summed E-state index contributed by atoms with van der Waals surface area (Å²) in [7, 11) is 1.84. The van der Waals surface area contributed by atoms with E-state index in [1.165, 1.54) is 11.1 Å². The number of aromatic nitrogens is 3. The molecule has 1 unspecified atom stereocenters. The van der Waals surface area contributed by atoms with Gasteiger partial charge in [-0.1, -0.05) is 17.3 Å². The Morgan fingerprint density at radius 1 is 1.50 bits per heavy atom. The second-order valence-corrected chi connectivity index (χ2v) is 4.64. The van der Waals surface area contributed by atoms with Crippen molar-refractivity contribution in [1.29, 1.82) is 0 Å². The molecule has 5 nitrogen and oxygen atoms in total. The Hall–Kier alpha value is -1.88. The number of hydrogen-bond donors (Lipinski definition) is 1. The first-order valence-corrected chi connectivity index (χ1v) is 6.09. The maximum Gasteiger partial charge on any atom is 0.134 e. The van der Waals surface area contributed by atoms with Crippen LogP contribution in [0.15, 0.2) is 24.4 Å². The van der Waals surface area contributed by atoms with Crippen LogP contribution in [0.3, 0.4) is 0 Å². The fourth-order valence-corrected chi connectivity index (χ4v) is 2.40. The summed E-state index contributed by atoms with van der Waals surface area (Å²) in [5.41, 5.74) is 9.33. The summed E-state index contributed by atoms with van der Waals surface area (Å²) in [6.45, 7) is 0.444. The quantitative estimate of drug-likeness (QED) is 0.884. The van der Waals surface area contributed by atoms with Gasteiger partial charge in [-0.25, -0.2) is 0 Å². The maximum atomic E-state index is 6.04. The number of benzene rings is 1. The van der Waals surface area contributed by atoms with Crippen molar-refractivity contribution in [3.05, 3.63) is 41.2 Å². The van der Waals surface area contributed by atoms with Crippen LogP contribution in [-0.2, 0) is 20.1 Å². The molecule has 1 atom stereocenters. The molecule has 0 fully saturated rings. The Bertz CT molecular complexity index is 564. The lowest BCUT2D eigenvalue weighted by Crippen LogP contribution is -2.05. The number of nitrogens with zero attached hydrogens (tertiary/aromatic N) is 3. The molecule has 1 heterocycles. The Kier molecular flexibility index (Phi) is 2.76. The van der Waals surface area contributed by atoms with Crippen molar-refractivity contribution >= 4 is 0 Å². The molecule has 0 saturated heterocycles. The third-order valence-electron chi connectivity index (χ3n) is 3.30. The number of aryl methyl sites for hydroxylation is 1.